The highest BCUT2D eigenvalue weighted by Gasteiger charge is 2.08. The summed E-state index contributed by atoms with van der Waals surface area (Å²) in [5, 5.41) is 0. The molecule has 0 heteroatoms. The fourth-order valence-electron chi connectivity index (χ4n) is 1.49. The second-order valence-electron chi connectivity index (χ2n) is 4.38. The maximum absolute atomic E-state index is 4.05. The smallest absolute Gasteiger partial charge is 0.0206 e. The summed E-state index contributed by atoms with van der Waals surface area (Å²) in [6.45, 7) is 14.5. The first-order valence-electron chi connectivity index (χ1n) is 5.34. The minimum Gasteiger partial charge on any atom is -0.103 e. The van der Waals surface area contributed by atoms with Crippen LogP contribution in [0.1, 0.15) is 46.5 Å². The van der Waals surface area contributed by atoms with E-state index in [0.29, 0.717) is 5.92 Å². The van der Waals surface area contributed by atoms with E-state index in [9.17, 15) is 0 Å². The van der Waals surface area contributed by atoms with E-state index in [2.05, 4.69) is 33.9 Å². The standard InChI is InChI=1S/C13H24/c1-6-7-8-13(12(4)5)10-9-11(2)3/h6,11,13H,1,4,7-10H2,2-3,5H3. The summed E-state index contributed by atoms with van der Waals surface area (Å²) in [6.07, 6.45) is 6.96. The molecule has 0 fully saturated rings. The molecule has 0 saturated carbocycles. The summed E-state index contributed by atoms with van der Waals surface area (Å²) in [5.41, 5.74) is 1.34. The summed E-state index contributed by atoms with van der Waals surface area (Å²) in [4.78, 5) is 0. The fourth-order valence-corrected chi connectivity index (χ4v) is 1.49. The molecule has 0 aromatic heterocycles. The van der Waals surface area contributed by atoms with Crippen LogP contribution in [0.15, 0.2) is 24.8 Å². The first kappa shape index (κ1) is 12.5. The zero-order chi connectivity index (χ0) is 10.3. The predicted octanol–water partition coefficient (Wildman–Crippen LogP) is 4.58. The van der Waals surface area contributed by atoms with Crippen molar-refractivity contribution in [3.05, 3.63) is 24.8 Å². The van der Waals surface area contributed by atoms with Gasteiger partial charge in [0.1, 0.15) is 0 Å². The molecule has 0 spiro atoms. The maximum Gasteiger partial charge on any atom is -0.0206 e. The Hall–Kier alpha value is -0.520. The molecule has 0 rings (SSSR count). The summed E-state index contributed by atoms with van der Waals surface area (Å²) in [7, 11) is 0. The van der Waals surface area contributed by atoms with Gasteiger partial charge in [-0.2, -0.15) is 0 Å². The van der Waals surface area contributed by atoms with Crippen molar-refractivity contribution in [1.29, 1.82) is 0 Å². The highest BCUT2D eigenvalue weighted by atomic mass is 14.1. The van der Waals surface area contributed by atoms with E-state index >= 15 is 0 Å². The second kappa shape index (κ2) is 6.94. The second-order valence-corrected chi connectivity index (χ2v) is 4.38. The molecule has 0 aliphatic rings. The quantitative estimate of drug-likeness (QED) is 0.503. The van der Waals surface area contributed by atoms with Gasteiger partial charge in [-0.25, -0.2) is 0 Å². The van der Waals surface area contributed by atoms with Gasteiger partial charge in [0, 0.05) is 0 Å². The van der Waals surface area contributed by atoms with E-state index in [1.54, 1.807) is 0 Å². The average Bonchev–Trinajstić information content (AvgIpc) is 2.03. The van der Waals surface area contributed by atoms with Crippen molar-refractivity contribution in [3.8, 4) is 0 Å². The lowest BCUT2D eigenvalue weighted by atomic mass is 9.89. The fraction of sp³-hybridized carbons (Fsp3) is 0.692. The minimum atomic E-state index is 0.709. The predicted molar refractivity (Wildman–Crippen MR) is 61.8 cm³/mol. The molecule has 0 aliphatic carbocycles. The molecule has 0 nitrogen and oxygen atoms in total. The zero-order valence-electron chi connectivity index (χ0n) is 9.47. The van der Waals surface area contributed by atoms with Crippen molar-refractivity contribution >= 4 is 0 Å². The van der Waals surface area contributed by atoms with Gasteiger partial charge in [-0.1, -0.05) is 38.5 Å². The van der Waals surface area contributed by atoms with Gasteiger partial charge in [0.15, 0.2) is 0 Å². The van der Waals surface area contributed by atoms with Crippen molar-refractivity contribution in [2.45, 2.75) is 46.5 Å². The van der Waals surface area contributed by atoms with Gasteiger partial charge in [0.25, 0.3) is 0 Å². The molecule has 0 N–H and O–H groups in total. The van der Waals surface area contributed by atoms with Crippen molar-refractivity contribution in [2.24, 2.45) is 11.8 Å². The van der Waals surface area contributed by atoms with Crippen LogP contribution in [0, 0.1) is 11.8 Å². The Bertz CT molecular complexity index is 153. The van der Waals surface area contributed by atoms with Gasteiger partial charge in [-0.05, 0) is 38.0 Å². The molecule has 0 bridgehead atoms. The lowest BCUT2D eigenvalue weighted by Gasteiger charge is -2.17. The highest BCUT2D eigenvalue weighted by Crippen LogP contribution is 2.23. The van der Waals surface area contributed by atoms with Gasteiger partial charge < -0.3 is 0 Å². The van der Waals surface area contributed by atoms with Crippen molar-refractivity contribution in [1.82, 2.24) is 0 Å². The third-order valence-corrected chi connectivity index (χ3v) is 2.51. The van der Waals surface area contributed by atoms with Gasteiger partial charge in [0.2, 0.25) is 0 Å². The first-order chi connectivity index (χ1) is 6.07. The molecule has 0 saturated heterocycles. The van der Waals surface area contributed by atoms with E-state index < -0.39 is 0 Å². The lowest BCUT2D eigenvalue weighted by Crippen LogP contribution is -2.03. The molecule has 13 heavy (non-hydrogen) atoms. The van der Waals surface area contributed by atoms with E-state index in [1.807, 2.05) is 6.08 Å². The Morgan fingerprint density at radius 1 is 1.23 bits per heavy atom. The van der Waals surface area contributed by atoms with Crippen molar-refractivity contribution in [3.63, 3.8) is 0 Å². The van der Waals surface area contributed by atoms with Crippen LogP contribution in [-0.4, -0.2) is 0 Å². The van der Waals surface area contributed by atoms with Crippen LogP contribution in [0.5, 0.6) is 0 Å². The van der Waals surface area contributed by atoms with Gasteiger partial charge >= 0.3 is 0 Å². The number of rotatable bonds is 7. The topological polar surface area (TPSA) is 0 Å². The maximum atomic E-state index is 4.05. The molecule has 1 atom stereocenters. The molecule has 0 aliphatic heterocycles. The van der Waals surface area contributed by atoms with E-state index in [4.69, 9.17) is 0 Å². The Labute approximate surface area is 83.7 Å². The molecule has 76 valence electrons. The van der Waals surface area contributed by atoms with Crippen LogP contribution in [0.2, 0.25) is 0 Å². The first-order valence-corrected chi connectivity index (χ1v) is 5.34. The van der Waals surface area contributed by atoms with Gasteiger partial charge in [-0.15, -0.1) is 6.58 Å². The van der Waals surface area contributed by atoms with Crippen LogP contribution in [0.4, 0.5) is 0 Å². The minimum absolute atomic E-state index is 0.709. The molecule has 0 heterocycles. The average molecular weight is 180 g/mol. The number of allylic oxidation sites excluding steroid dienone is 2. The van der Waals surface area contributed by atoms with E-state index in [0.717, 1.165) is 12.3 Å². The summed E-state index contributed by atoms with van der Waals surface area (Å²) < 4.78 is 0. The summed E-state index contributed by atoms with van der Waals surface area (Å²) in [5.74, 6) is 1.52. The van der Waals surface area contributed by atoms with Crippen molar-refractivity contribution in [2.75, 3.05) is 0 Å². The molecule has 0 amide bonds. The molecule has 0 aromatic rings. The van der Waals surface area contributed by atoms with Crippen LogP contribution in [-0.2, 0) is 0 Å². The van der Waals surface area contributed by atoms with Crippen molar-refractivity contribution < 1.29 is 0 Å². The zero-order valence-corrected chi connectivity index (χ0v) is 9.47. The Morgan fingerprint density at radius 2 is 1.85 bits per heavy atom. The van der Waals surface area contributed by atoms with Crippen LogP contribution in [0.25, 0.3) is 0 Å². The molecule has 0 radical (unpaired) electrons. The van der Waals surface area contributed by atoms with Gasteiger partial charge in [0.05, 0.1) is 0 Å². The van der Waals surface area contributed by atoms with E-state index in [1.165, 1.54) is 24.8 Å². The summed E-state index contributed by atoms with van der Waals surface area (Å²) in [6, 6.07) is 0. The molecule has 0 aromatic carbocycles. The highest BCUT2D eigenvalue weighted by molar-refractivity contribution is 4.96. The monoisotopic (exact) mass is 180 g/mol. The molecular formula is C13H24. The third-order valence-electron chi connectivity index (χ3n) is 2.51. The molecule has 1 unspecified atom stereocenters. The SMILES string of the molecule is C=CCCC(CCC(C)C)C(=C)C. The Kier molecular flexibility index (Phi) is 6.66. The Balaban J connectivity index is 3.80. The third kappa shape index (κ3) is 6.62. The van der Waals surface area contributed by atoms with Crippen LogP contribution >= 0.6 is 0 Å². The lowest BCUT2D eigenvalue weighted by molar-refractivity contribution is 0.448. The normalized spacial score (nSPS) is 12.9. The van der Waals surface area contributed by atoms with Crippen LogP contribution in [0.3, 0.4) is 0 Å². The van der Waals surface area contributed by atoms with E-state index in [-0.39, 0.29) is 0 Å². The van der Waals surface area contributed by atoms with Gasteiger partial charge in [-0.3, -0.25) is 0 Å². The number of hydrogen-bond donors (Lipinski definition) is 0. The van der Waals surface area contributed by atoms with Crippen LogP contribution < -0.4 is 0 Å². The number of hydrogen-bond acceptors (Lipinski definition) is 0. The largest absolute Gasteiger partial charge is 0.103 e. The molecular weight excluding hydrogens is 156 g/mol. The summed E-state index contributed by atoms with van der Waals surface area (Å²) >= 11 is 0. The Morgan fingerprint density at radius 3 is 2.23 bits per heavy atom.